The van der Waals surface area contributed by atoms with Crippen LogP contribution in [0.1, 0.15) is 51.9 Å². The van der Waals surface area contributed by atoms with E-state index in [1.807, 2.05) is 0 Å². The lowest BCUT2D eigenvalue weighted by molar-refractivity contribution is -0.125. The van der Waals surface area contributed by atoms with Gasteiger partial charge in [-0.05, 0) is 19.3 Å². The Morgan fingerprint density at radius 2 is 1.93 bits per heavy atom. The largest absolute Gasteiger partial charge is 0.355 e. The molecule has 1 atom stereocenters. The highest BCUT2D eigenvalue weighted by atomic mass is 79.9. The average Bonchev–Trinajstić information content (AvgIpc) is 2.53. The molecule has 0 aromatic rings. The fourth-order valence-corrected chi connectivity index (χ4v) is 2.20. The van der Waals surface area contributed by atoms with Gasteiger partial charge in [-0.3, -0.25) is 4.79 Å². The third-order valence-electron chi connectivity index (χ3n) is 3.17. The van der Waals surface area contributed by atoms with Crippen LogP contribution >= 0.6 is 15.9 Å². The van der Waals surface area contributed by atoms with Gasteiger partial charge in [-0.25, -0.2) is 0 Å². The van der Waals surface area contributed by atoms with Crippen molar-refractivity contribution in [3.8, 4) is 0 Å². The maximum absolute atomic E-state index is 11.8. The Morgan fingerprint density at radius 1 is 1.33 bits per heavy atom. The molecule has 15 heavy (non-hydrogen) atoms. The molecule has 0 saturated heterocycles. The molecule has 88 valence electrons. The number of hydrogen-bond acceptors (Lipinski definition) is 1. The van der Waals surface area contributed by atoms with Crippen LogP contribution in [0.2, 0.25) is 0 Å². The minimum Gasteiger partial charge on any atom is -0.355 e. The van der Waals surface area contributed by atoms with Gasteiger partial charge in [0.05, 0.1) is 0 Å². The molecule has 0 heterocycles. The number of nitrogens with one attached hydrogen (secondary N) is 1. The second kappa shape index (κ2) is 7.26. The van der Waals surface area contributed by atoms with Gasteiger partial charge < -0.3 is 5.32 Å². The van der Waals surface area contributed by atoms with Crippen LogP contribution in [0.25, 0.3) is 0 Å². The Morgan fingerprint density at radius 3 is 2.47 bits per heavy atom. The highest BCUT2D eigenvalue weighted by molar-refractivity contribution is 9.09. The minimum absolute atomic E-state index is 0.273. The monoisotopic (exact) mass is 275 g/mol. The minimum atomic E-state index is 0.273. The molecule has 3 heteroatoms. The molecule has 1 N–H and O–H groups in total. The van der Waals surface area contributed by atoms with E-state index in [0.717, 1.165) is 25.8 Å². The number of hydrogen-bond donors (Lipinski definition) is 1. The van der Waals surface area contributed by atoms with E-state index in [4.69, 9.17) is 0 Å². The van der Waals surface area contributed by atoms with E-state index in [1.165, 1.54) is 25.7 Å². The van der Waals surface area contributed by atoms with E-state index in [1.54, 1.807) is 0 Å². The van der Waals surface area contributed by atoms with Gasteiger partial charge in [0, 0.05) is 17.3 Å². The number of amides is 1. The van der Waals surface area contributed by atoms with Crippen molar-refractivity contribution < 1.29 is 4.79 Å². The van der Waals surface area contributed by atoms with Gasteiger partial charge in [0.15, 0.2) is 0 Å². The fraction of sp³-hybridized carbons (Fsp3) is 0.917. The average molecular weight is 276 g/mol. The molecule has 1 fully saturated rings. The van der Waals surface area contributed by atoms with Crippen molar-refractivity contribution in [2.24, 2.45) is 5.92 Å². The van der Waals surface area contributed by atoms with Gasteiger partial charge in [-0.15, -0.1) is 0 Å². The lowest BCUT2D eigenvalue weighted by Crippen LogP contribution is -2.34. The third-order valence-corrected chi connectivity index (χ3v) is 4.14. The van der Waals surface area contributed by atoms with Crippen LogP contribution in [0.15, 0.2) is 0 Å². The number of alkyl halides is 1. The smallest absolute Gasteiger partial charge is 0.223 e. The van der Waals surface area contributed by atoms with E-state index in [9.17, 15) is 4.79 Å². The second-order valence-electron chi connectivity index (χ2n) is 4.44. The van der Waals surface area contributed by atoms with Crippen molar-refractivity contribution in [2.45, 2.75) is 56.7 Å². The van der Waals surface area contributed by atoms with E-state index >= 15 is 0 Å². The molecule has 0 radical (unpaired) electrons. The van der Waals surface area contributed by atoms with Crippen molar-refractivity contribution in [3.63, 3.8) is 0 Å². The zero-order valence-electron chi connectivity index (χ0n) is 9.60. The van der Waals surface area contributed by atoms with Crippen molar-refractivity contribution >= 4 is 21.8 Å². The number of rotatable bonds is 4. The summed E-state index contributed by atoms with van der Waals surface area (Å²) in [5.74, 6) is 0.554. The number of carbonyl (C=O) groups excluding carboxylic acids is 1. The van der Waals surface area contributed by atoms with Crippen molar-refractivity contribution in [1.29, 1.82) is 0 Å². The Balaban J connectivity index is 2.25. The van der Waals surface area contributed by atoms with Crippen molar-refractivity contribution in [1.82, 2.24) is 5.32 Å². The molecule has 1 amide bonds. The van der Waals surface area contributed by atoms with Gasteiger partial charge in [-0.1, -0.05) is 48.5 Å². The summed E-state index contributed by atoms with van der Waals surface area (Å²) in [6.45, 7) is 2.89. The molecule has 0 bridgehead atoms. The van der Waals surface area contributed by atoms with E-state index in [-0.39, 0.29) is 11.8 Å². The molecule has 1 aliphatic rings. The quantitative estimate of drug-likeness (QED) is 0.620. The van der Waals surface area contributed by atoms with Gasteiger partial charge in [0.2, 0.25) is 5.91 Å². The topological polar surface area (TPSA) is 29.1 Å². The van der Waals surface area contributed by atoms with E-state index in [2.05, 4.69) is 28.2 Å². The van der Waals surface area contributed by atoms with Crippen LogP contribution in [-0.2, 0) is 4.79 Å². The third kappa shape index (κ3) is 5.01. The van der Waals surface area contributed by atoms with E-state index < -0.39 is 0 Å². The summed E-state index contributed by atoms with van der Waals surface area (Å²) in [6, 6.07) is 0. The second-order valence-corrected chi connectivity index (χ2v) is 5.73. The first kappa shape index (κ1) is 13.0. The summed E-state index contributed by atoms with van der Waals surface area (Å²) in [5, 5.41) is 3.05. The molecule has 2 nitrogen and oxygen atoms in total. The first-order chi connectivity index (χ1) is 7.24. The van der Waals surface area contributed by atoms with Gasteiger partial charge in [0.25, 0.3) is 0 Å². The number of halogens is 1. The van der Waals surface area contributed by atoms with Crippen LogP contribution in [0.4, 0.5) is 0 Å². The van der Waals surface area contributed by atoms with Gasteiger partial charge in [-0.2, -0.15) is 0 Å². The van der Waals surface area contributed by atoms with Crippen molar-refractivity contribution in [2.75, 3.05) is 6.54 Å². The Bertz CT molecular complexity index is 188. The molecular formula is C12H22BrNO. The van der Waals surface area contributed by atoms with Gasteiger partial charge >= 0.3 is 0 Å². The zero-order chi connectivity index (χ0) is 11.1. The summed E-state index contributed by atoms with van der Waals surface area (Å²) in [6.07, 6.45) is 8.30. The predicted octanol–water partition coefficient (Wildman–Crippen LogP) is 3.25. The molecule has 0 aromatic heterocycles. The maximum atomic E-state index is 11.8. The highest BCUT2D eigenvalue weighted by Crippen LogP contribution is 2.22. The molecule has 1 saturated carbocycles. The van der Waals surface area contributed by atoms with Crippen molar-refractivity contribution in [3.05, 3.63) is 0 Å². The Kier molecular flexibility index (Phi) is 6.30. The molecule has 0 aromatic carbocycles. The lowest BCUT2D eigenvalue weighted by atomic mass is 9.99. The fourth-order valence-electron chi connectivity index (χ4n) is 2.04. The molecular weight excluding hydrogens is 254 g/mol. The summed E-state index contributed by atoms with van der Waals surface area (Å²) < 4.78 is 0. The van der Waals surface area contributed by atoms with Crippen LogP contribution in [0.3, 0.4) is 0 Å². The normalized spacial score (nSPS) is 20.7. The van der Waals surface area contributed by atoms with Crippen LogP contribution < -0.4 is 5.32 Å². The standard InChI is InChI=1S/C12H22BrNO/c1-2-11(13)9-14-12(15)10-7-5-3-4-6-8-10/h10-11H,2-9H2,1H3,(H,14,15). The van der Waals surface area contributed by atoms with Crippen LogP contribution in [0.5, 0.6) is 0 Å². The molecule has 1 rings (SSSR count). The molecule has 0 aliphatic heterocycles. The molecule has 1 unspecified atom stereocenters. The SMILES string of the molecule is CCC(Br)CNC(=O)C1CCCCCC1. The lowest BCUT2D eigenvalue weighted by Gasteiger charge is -2.15. The summed E-state index contributed by atoms with van der Waals surface area (Å²) >= 11 is 3.53. The first-order valence-corrected chi connectivity index (χ1v) is 7.07. The summed E-state index contributed by atoms with van der Waals surface area (Å²) in [7, 11) is 0. The molecule has 1 aliphatic carbocycles. The Labute approximate surface area is 101 Å². The maximum Gasteiger partial charge on any atom is 0.223 e. The highest BCUT2D eigenvalue weighted by Gasteiger charge is 2.19. The first-order valence-electron chi connectivity index (χ1n) is 6.15. The van der Waals surface area contributed by atoms with Gasteiger partial charge in [0.1, 0.15) is 0 Å². The predicted molar refractivity (Wildman–Crippen MR) is 67.2 cm³/mol. The summed E-state index contributed by atoms with van der Waals surface area (Å²) in [4.78, 5) is 12.3. The summed E-state index contributed by atoms with van der Waals surface area (Å²) in [5.41, 5.74) is 0. The van der Waals surface area contributed by atoms with Crippen LogP contribution in [0, 0.1) is 5.92 Å². The zero-order valence-corrected chi connectivity index (χ0v) is 11.2. The van der Waals surface area contributed by atoms with Crippen LogP contribution in [-0.4, -0.2) is 17.3 Å². The molecule has 0 spiro atoms. The number of carbonyl (C=O) groups is 1. The Hall–Kier alpha value is -0.0500. The van der Waals surface area contributed by atoms with E-state index in [0.29, 0.717) is 4.83 Å².